The van der Waals surface area contributed by atoms with Crippen LogP contribution in [-0.2, 0) is 4.74 Å². The average Bonchev–Trinajstić information content (AvgIpc) is 2.67. The summed E-state index contributed by atoms with van der Waals surface area (Å²) in [5.41, 5.74) is 0. The second-order valence-corrected chi connectivity index (χ2v) is 3.62. The molecule has 1 rings (SSSR count). The van der Waals surface area contributed by atoms with E-state index in [-0.39, 0.29) is 12.1 Å². The molecule has 1 aromatic heterocycles. The second-order valence-electron chi connectivity index (χ2n) is 2.70. The van der Waals surface area contributed by atoms with E-state index in [4.69, 9.17) is 4.74 Å². The largest absolute Gasteiger partial charge is 0.450 e. The number of nitrogens with one attached hydrogen (secondary N) is 1. The van der Waals surface area contributed by atoms with Gasteiger partial charge in [0.15, 0.2) is 0 Å². The smallest absolute Gasteiger partial charge is 0.407 e. The number of carbonyl (C=O) groups excluding carboxylic acids is 1. The van der Waals surface area contributed by atoms with Crippen LogP contribution in [0.4, 0.5) is 4.79 Å². The first-order valence-corrected chi connectivity index (χ1v) is 5.48. The highest BCUT2D eigenvalue weighted by atomic mass is 32.1. The molecule has 0 fully saturated rings. The molecule has 1 heterocycles. The lowest BCUT2D eigenvalue weighted by Crippen LogP contribution is -2.28. The summed E-state index contributed by atoms with van der Waals surface area (Å²) in [6, 6.07) is -0.0333. The predicted molar refractivity (Wildman–Crippen MR) is 55.3 cm³/mol. The summed E-state index contributed by atoms with van der Waals surface area (Å²) in [5.74, 6) is 0. The molecule has 0 aliphatic rings. The van der Waals surface area contributed by atoms with Crippen LogP contribution in [0.25, 0.3) is 0 Å². The van der Waals surface area contributed by atoms with Gasteiger partial charge < -0.3 is 10.1 Å². The van der Waals surface area contributed by atoms with Crippen LogP contribution in [-0.4, -0.2) is 17.7 Å². The standard InChI is InChI=1S/C9H14N2O2S/c1-3-7(8-10-5-6-14-8)11-9(12)13-4-2/h5-7H,3-4H2,1-2H3,(H,11,12). The molecule has 1 N–H and O–H groups in total. The van der Waals surface area contributed by atoms with Crippen molar-refractivity contribution in [3.63, 3.8) is 0 Å². The summed E-state index contributed by atoms with van der Waals surface area (Å²) >= 11 is 1.53. The van der Waals surface area contributed by atoms with Gasteiger partial charge in [-0.2, -0.15) is 0 Å². The van der Waals surface area contributed by atoms with E-state index >= 15 is 0 Å². The van der Waals surface area contributed by atoms with Crippen molar-refractivity contribution in [3.8, 4) is 0 Å². The first kappa shape index (κ1) is 11.0. The molecule has 5 heteroatoms. The average molecular weight is 214 g/mol. The molecular weight excluding hydrogens is 200 g/mol. The number of ether oxygens (including phenoxy) is 1. The number of carbonyl (C=O) groups is 1. The van der Waals surface area contributed by atoms with E-state index in [2.05, 4.69) is 10.3 Å². The van der Waals surface area contributed by atoms with Gasteiger partial charge in [-0.25, -0.2) is 9.78 Å². The minimum Gasteiger partial charge on any atom is -0.450 e. The third kappa shape index (κ3) is 2.99. The topological polar surface area (TPSA) is 51.2 Å². The molecule has 0 aromatic carbocycles. The number of alkyl carbamates (subject to hydrolysis) is 1. The zero-order chi connectivity index (χ0) is 10.4. The lowest BCUT2D eigenvalue weighted by Gasteiger charge is -2.13. The quantitative estimate of drug-likeness (QED) is 0.837. The van der Waals surface area contributed by atoms with Crippen molar-refractivity contribution in [2.24, 2.45) is 0 Å². The molecule has 1 unspecified atom stereocenters. The van der Waals surface area contributed by atoms with E-state index in [1.165, 1.54) is 11.3 Å². The molecule has 4 nitrogen and oxygen atoms in total. The Morgan fingerprint density at radius 3 is 3.00 bits per heavy atom. The van der Waals surface area contributed by atoms with E-state index in [9.17, 15) is 4.79 Å². The summed E-state index contributed by atoms with van der Waals surface area (Å²) in [7, 11) is 0. The lowest BCUT2D eigenvalue weighted by atomic mass is 10.2. The second kappa shape index (κ2) is 5.59. The molecule has 0 aliphatic carbocycles. The first-order chi connectivity index (χ1) is 6.77. The van der Waals surface area contributed by atoms with Crippen molar-refractivity contribution in [1.29, 1.82) is 0 Å². The number of hydrogen-bond acceptors (Lipinski definition) is 4. The minimum atomic E-state index is -0.380. The van der Waals surface area contributed by atoms with Gasteiger partial charge in [0.05, 0.1) is 12.6 Å². The molecule has 0 bridgehead atoms. The van der Waals surface area contributed by atoms with Crippen molar-refractivity contribution >= 4 is 17.4 Å². The Morgan fingerprint density at radius 1 is 1.71 bits per heavy atom. The SMILES string of the molecule is CCOC(=O)NC(CC)c1nccs1. The number of aromatic nitrogens is 1. The molecule has 0 spiro atoms. The van der Waals surface area contributed by atoms with Gasteiger partial charge in [0.2, 0.25) is 0 Å². The van der Waals surface area contributed by atoms with Crippen molar-refractivity contribution in [2.75, 3.05) is 6.61 Å². The Kier molecular flexibility index (Phi) is 4.39. The molecule has 1 atom stereocenters. The van der Waals surface area contributed by atoms with Crippen LogP contribution in [0.2, 0.25) is 0 Å². The Bertz CT molecular complexity index is 274. The normalized spacial score (nSPS) is 12.1. The van der Waals surface area contributed by atoms with E-state index < -0.39 is 0 Å². The van der Waals surface area contributed by atoms with E-state index in [0.717, 1.165) is 11.4 Å². The van der Waals surface area contributed by atoms with Crippen LogP contribution in [0, 0.1) is 0 Å². The fourth-order valence-electron chi connectivity index (χ4n) is 1.06. The highest BCUT2D eigenvalue weighted by molar-refractivity contribution is 7.09. The number of amides is 1. The maximum atomic E-state index is 11.2. The summed E-state index contributed by atoms with van der Waals surface area (Å²) in [6.45, 7) is 4.17. The van der Waals surface area contributed by atoms with Crippen molar-refractivity contribution in [1.82, 2.24) is 10.3 Å². The van der Waals surface area contributed by atoms with Gasteiger partial charge in [-0.15, -0.1) is 11.3 Å². The van der Waals surface area contributed by atoms with Gasteiger partial charge in [-0.1, -0.05) is 6.92 Å². The number of nitrogens with zero attached hydrogens (tertiary/aromatic N) is 1. The molecule has 0 radical (unpaired) electrons. The molecule has 14 heavy (non-hydrogen) atoms. The number of rotatable bonds is 4. The molecule has 0 saturated carbocycles. The predicted octanol–water partition coefficient (Wildman–Crippen LogP) is 2.34. The van der Waals surface area contributed by atoms with Gasteiger partial charge in [-0.05, 0) is 13.3 Å². The van der Waals surface area contributed by atoms with Gasteiger partial charge in [0, 0.05) is 11.6 Å². The highest BCUT2D eigenvalue weighted by Gasteiger charge is 2.14. The Balaban J connectivity index is 2.51. The number of hydrogen-bond donors (Lipinski definition) is 1. The third-order valence-corrected chi connectivity index (χ3v) is 2.61. The van der Waals surface area contributed by atoms with Crippen LogP contribution >= 0.6 is 11.3 Å². The fraction of sp³-hybridized carbons (Fsp3) is 0.556. The van der Waals surface area contributed by atoms with Gasteiger partial charge in [-0.3, -0.25) is 0 Å². The molecule has 0 saturated heterocycles. The maximum Gasteiger partial charge on any atom is 0.407 e. The first-order valence-electron chi connectivity index (χ1n) is 4.60. The van der Waals surface area contributed by atoms with Gasteiger partial charge in [0.1, 0.15) is 5.01 Å². The van der Waals surface area contributed by atoms with Crippen LogP contribution < -0.4 is 5.32 Å². The fourth-order valence-corrected chi connectivity index (χ4v) is 1.83. The van der Waals surface area contributed by atoms with Crippen LogP contribution in [0.5, 0.6) is 0 Å². The van der Waals surface area contributed by atoms with Crippen molar-refractivity contribution in [2.45, 2.75) is 26.3 Å². The highest BCUT2D eigenvalue weighted by Crippen LogP contribution is 2.18. The Morgan fingerprint density at radius 2 is 2.50 bits per heavy atom. The summed E-state index contributed by atoms with van der Waals surface area (Å²) in [6.07, 6.45) is 2.16. The zero-order valence-electron chi connectivity index (χ0n) is 8.32. The molecule has 0 aliphatic heterocycles. The monoisotopic (exact) mass is 214 g/mol. The van der Waals surface area contributed by atoms with Crippen LogP contribution in [0.1, 0.15) is 31.3 Å². The van der Waals surface area contributed by atoms with Crippen molar-refractivity contribution in [3.05, 3.63) is 16.6 Å². The van der Waals surface area contributed by atoms with Gasteiger partial charge in [0.25, 0.3) is 0 Å². The maximum absolute atomic E-state index is 11.2. The molecule has 1 aromatic rings. The Hall–Kier alpha value is -1.10. The van der Waals surface area contributed by atoms with Gasteiger partial charge >= 0.3 is 6.09 Å². The van der Waals surface area contributed by atoms with E-state index in [0.29, 0.717) is 6.61 Å². The molecule has 1 amide bonds. The third-order valence-electron chi connectivity index (χ3n) is 1.73. The van der Waals surface area contributed by atoms with E-state index in [1.54, 1.807) is 13.1 Å². The molecule has 78 valence electrons. The summed E-state index contributed by atoms with van der Waals surface area (Å²) < 4.78 is 4.80. The summed E-state index contributed by atoms with van der Waals surface area (Å²) in [5, 5.41) is 5.57. The van der Waals surface area contributed by atoms with Crippen LogP contribution in [0.15, 0.2) is 11.6 Å². The van der Waals surface area contributed by atoms with Crippen molar-refractivity contribution < 1.29 is 9.53 Å². The molecular formula is C9H14N2O2S. The van der Waals surface area contributed by atoms with E-state index in [1.807, 2.05) is 12.3 Å². The van der Waals surface area contributed by atoms with Crippen LogP contribution in [0.3, 0.4) is 0 Å². The summed E-state index contributed by atoms with van der Waals surface area (Å²) in [4.78, 5) is 15.3. The lowest BCUT2D eigenvalue weighted by molar-refractivity contribution is 0.147. The number of thiazole rings is 1. The minimum absolute atomic E-state index is 0.0333. The Labute approximate surface area is 87.3 Å². The zero-order valence-corrected chi connectivity index (χ0v) is 9.13.